The Morgan fingerprint density at radius 1 is 1.45 bits per heavy atom. The molecule has 1 aromatic carbocycles. The van der Waals surface area contributed by atoms with E-state index in [1.807, 2.05) is 0 Å². The van der Waals surface area contributed by atoms with E-state index < -0.39 is 5.82 Å². The maximum atomic E-state index is 12.7. The standard InChI is InChI=1S/C8H8FNO/c9-6-3-5-1-2-10-7(5)4-8(6)11/h3-4,10-11H,1-2H2. The summed E-state index contributed by atoms with van der Waals surface area (Å²) in [7, 11) is 0. The van der Waals surface area contributed by atoms with E-state index in [-0.39, 0.29) is 5.75 Å². The fourth-order valence-electron chi connectivity index (χ4n) is 1.31. The Balaban J connectivity index is 2.57. The lowest BCUT2D eigenvalue weighted by Crippen LogP contribution is -1.90. The molecule has 0 aliphatic carbocycles. The number of phenolic OH excluding ortho intramolecular Hbond substituents is 1. The minimum Gasteiger partial charge on any atom is -0.505 e. The Hall–Kier alpha value is -1.25. The van der Waals surface area contributed by atoms with Gasteiger partial charge >= 0.3 is 0 Å². The molecule has 3 heteroatoms. The van der Waals surface area contributed by atoms with Crippen molar-refractivity contribution in [1.29, 1.82) is 0 Å². The van der Waals surface area contributed by atoms with Gasteiger partial charge in [-0.15, -0.1) is 0 Å². The van der Waals surface area contributed by atoms with Gasteiger partial charge in [0.05, 0.1) is 0 Å². The van der Waals surface area contributed by atoms with Crippen LogP contribution in [0.25, 0.3) is 0 Å². The molecule has 1 aromatic rings. The fraction of sp³-hybridized carbons (Fsp3) is 0.250. The number of aromatic hydroxyl groups is 1. The first-order chi connectivity index (χ1) is 5.27. The first-order valence-electron chi connectivity index (χ1n) is 3.52. The molecule has 0 saturated heterocycles. The van der Waals surface area contributed by atoms with Gasteiger partial charge < -0.3 is 10.4 Å². The monoisotopic (exact) mass is 153 g/mol. The van der Waals surface area contributed by atoms with Crippen molar-refractivity contribution in [3.05, 3.63) is 23.5 Å². The van der Waals surface area contributed by atoms with Gasteiger partial charge in [0.2, 0.25) is 0 Å². The van der Waals surface area contributed by atoms with Gasteiger partial charge in [-0.2, -0.15) is 0 Å². The van der Waals surface area contributed by atoms with Crippen LogP contribution in [0.4, 0.5) is 10.1 Å². The summed E-state index contributed by atoms with van der Waals surface area (Å²) in [6, 6.07) is 2.81. The fourth-order valence-corrected chi connectivity index (χ4v) is 1.31. The third-order valence-electron chi connectivity index (χ3n) is 1.88. The first-order valence-corrected chi connectivity index (χ1v) is 3.52. The van der Waals surface area contributed by atoms with Gasteiger partial charge in [0.1, 0.15) is 0 Å². The molecule has 58 valence electrons. The quantitative estimate of drug-likeness (QED) is 0.592. The second-order valence-electron chi connectivity index (χ2n) is 2.64. The SMILES string of the molecule is Oc1cc2c(cc1F)CCN2. The molecule has 0 fully saturated rings. The molecule has 2 nitrogen and oxygen atoms in total. The van der Waals surface area contributed by atoms with Gasteiger partial charge in [0.25, 0.3) is 0 Å². The van der Waals surface area contributed by atoms with E-state index in [0.717, 1.165) is 24.2 Å². The predicted octanol–water partition coefficient (Wildman–Crippen LogP) is 1.50. The number of nitrogens with one attached hydrogen (secondary N) is 1. The van der Waals surface area contributed by atoms with Crippen LogP contribution in [0.15, 0.2) is 12.1 Å². The highest BCUT2D eigenvalue weighted by Gasteiger charge is 2.12. The van der Waals surface area contributed by atoms with Gasteiger partial charge in [0, 0.05) is 18.3 Å². The van der Waals surface area contributed by atoms with Crippen LogP contribution in [0.3, 0.4) is 0 Å². The van der Waals surface area contributed by atoms with Crippen molar-refractivity contribution in [2.45, 2.75) is 6.42 Å². The second kappa shape index (κ2) is 2.12. The number of anilines is 1. The number of phenols is 1. The average Bonchev–Trinajstić information content (AvgIpc) is 2.36. The summed E-state index contributed by atoms with van der Waals surface area (Å²) in [4.78, 5) is 0. The van der Waals surface area contributed by atoms with Crippen molar-refractivity contribution in [3.8, 4) is 5.75 Å². The van der Waals surface area contributed by atoms with Gasteiger partial charge in [-0.25, -0.2) is 4.39 Å². The van der Waals surface area contributed by atoms with E-state index in [4.69, 9.17) is 5.11 Å². The summed E-state index contributed by atoms with van der Waals surface area (Å²) in [5, 5.41) is 12.0. The van der Waals surface area contributed by atoms with E-state index in [9.17, 15) is 4.39 Å². The summed E-state index contributed by atoms with van der Waals surface area (Å²) < 4.78 is 12.7. The van der Waals surface area contributed by atoms with E-state index in [1.165, 1.54) is 12.1 Å². The molecule has 1 heterocycles. The van der Waals surface area contributed by atoms with Crippen LogP contribution in [0.2, 0.25) is 0 Å². The van der Waals surface area contributed by atoms with E-state index in [1.54, 1.807) is 0 Å². The van der Waals surface area contributed by atoms with Crippen LogP contribution >= 0.6 is 0 Å². The average molecular weight is 153 g/mol. The number of hydrogen-bond donors (Lipinski definition) is 2. The number of hydrogen-bond acceptors (Lipinski definition) is 2. The zero-order chi connectivity index (χ0) is 7.84. The second-order valence-corrected chi connectivity index (χ2v) is 2.64. The predicted molar refractivity (Wildman–Crippen MR) is 40.3 cm³/mol. The van der Waals surface area contributed by atoms with Crippen LogP contribution in [-0.4, -0.2) is 11.7 Å². The summed E-state index contributed by atoms with van der Waals surface area (Å²) in [6.07, 6.45) is 0.840. The maximum absolute atomic E-state index is 12.7. The molecule has 1 aliphatic heterocycles. The largest absolute Gasteiger partial charge is 0.505 e. The molecule has 2 N–H and O–H groups in total. The molecule has 0 unspecified atom stereocenters. The summed E-state index contributed by atoms with van der Waals surface area (Å²) in [5.74, 6) is -0.814. The number of rotatable bonds is 0. The number of halogens is 1. The first kappa shape index (κ1) is 6.46. The van der Waals surface area contributed by atoms with E-state index in [0.29, 0.717) is 0 Å². The molecule has 11 heavy (non-hydrogen) atoms. The highest BCUT2D eigenvalue weighted by atomic mass is 19.1. The maximum Gasteiger partial charge on any atom is 0.165 e. The van der Waals surface area contributed by atoms with E-state index >= 15 is 0 Å². The van der Waals surface area contributed by atoms with Gasteiger partial charge in [-0.05, 0) is 18.1 Å². The van der Waals surface area contributed by atoms with Gasteiger partial charge in [-0.3, -0.25) is 0 Å². The highest BCUT2D eigenvalue weighted by Crippen LogP contribution is 2.28. The van der Waals surface area contributed by atoms with Gasteiger partial charge in [-0.1, -0.05) is 0 Å². The van der Waals surface area contributed by atoms with Crippen molar-refractivity contribution in [1.82, 2.24) is 0 Å². The number of fused-ring (bicyclic) bond motifs is 1. The minimum atomic E-state index is -0.535. The van der Waals surface area contributed by atoms with Crippen LogP contribution < -0.4 is 5.32 Å². The molecule has 0 spiro atoms. The molecular formula is C8H8FNO. The molecule has 0 saturated carbocycles. The minimum absolute atomic E-state index is 0.279. The third-order valence-corrected chi connectivity index (χ3v) is 1.88. The zero-order valence-corrected chi connectivity index (χ0v) is 5.89. The molecule has 1 aliphatic rings. The van der Waals surface area contributed by atoms with Crippen LogP contribution in [0.1, 0.15) is 5.56 Å². The van der Waals surface area contributed by atoms with Crippen LogP contribution in [0.5, 0.6) is 5.75 Å². The lowest BCUT2D eigenvalue weighted by molar-refractivity contribution is 0.432. The van der Waals surface area contributed by atoms with Crippen molar-refractivity contribution in [3.63, 3.8) is 0 Å². The third kappa shape index (κ3) is 0.926. The molecule has 2 rings (SSSR count). The van der Waals surface area contributed by atoms with Crippen LogP contribution in [0, 0.1) is 5.82 Å². The van der Waals surface area contributed by atoms with Crippen molar-refractivity contribution < 1.29 is 9.50 Å². The Bertz CT molecular complexity index is 269. The topological polar surface area (TPSA) is 32.3 Å². The molecular weight excluding hydrogens is 145 g/mol. The molecule has 0 bridgehead atoms. The molecule has 0 atom stereocenters. The molecule has 0 amide bonds. The Morgan fingerprint density at radius 3 is 3.09 bits per heavy atom. The Kier molecular flexibility index (Phi) is 1.24. The van der Waals surface area contributed by atoms with Gasteiger partial charge in [0.15, 0.2) is 11.6 Å². The molecule has 0 aromatic heterocycles. The Morgan fingerprint density at radius 2 is 2.27 bits per heavy atom. The number of benzene rings is 1. The summed E-state index contributed by atoms with van der Waals surface area (Å²) in [6.45, 7) is 0.832. The summed E-state index contributed by atoms with van der Waals surface area (Å²) in [5.41, 5.74) is 1.80. The smallest absolute Gasteiger partial charge is 0.165 e. The van der Waals surface area contributed by atoms with E-state index in [2.05, 4.69) is 5.32 Å². The highest BCUT2D eigenvalue weighted by molar-refractivity contribution is 5.58. The normalized spacial score (nSPS) is 14.3. The van der Waals surface area contributed by atoms with Crippen LogP contribution in [-0.2, 0) is 6.42 Å². The zero-order valence-electron chi connectivity index (χ0n) is 5.89. The lowest BCUT2D eigenvalue weighted by Gasteiger charge is -2.00. The van der Waals surface area contributed by atoms with Crippen molar-refractivity contribution in [2.75, 3.05) is 11.9 Å². The lowest BCUT2D eigenvalue weighted by atomic mass is 10.1. The Labute approximate surface area is 63.7 Å². The molecule has 0 radical (unpaired) electrons. The van der Waals surface area contributed by atoms with Crippen molar-refractivity contribution in [2.24, 2.45) is 0 Å². The summed E-state index contributed by atoms with van der Waals surface area (Å²) >= 11 is 0. The van der Waals surface area contributed by atoms with Crippen molar-refractivity contribution >= 4 is 5.69 Å².